The molecule has 0 saturated carbocycles. The van der Waals surface area contributed by atoms with Gasteiger partial charge in [0.1, 0.15) is 11.5 Å². The maximum atomic E-state index is 9.44. The molecule has 0 aromatic heterocycles. The molecule has 20 heavy (non-hydrogen) atoms. The average molecular weight is 270 g/mol. The minimum atomic E-state index is 0.195. The second-order valence-electron chi connectivity index (χ2n) is 6.50. The Hall–Kier alpha value is -1.96. The Kier molecular flexibility index (Phi) is 4.03. The third-order valence-electron chi connectivity index (χ3n) is 3.41. The molecule has 0 fully saturated rings. The highest BCUT2D eigenvalue weighted by Gasteiger charge is 2.22. The van der Waals surface area contributed by atoms with Gasteiger partial charge in [0, 0.05) is 5.92 Å². The van der Waals surface area contributed by atoms with Crippen LogP contribution in [-0.4, -0.2) is 10.2 Å². The van der Waals surface area contributed by atoms with Crippen molar-refractivity contribution in [3.63, 3.8) is 0 Å². The zero-order valence-corrected chi connectivity index (χ0v) is 12.3. The van der Waals surface area contributed by atoms with Crippen molar-refractivity contribution in [2.24, 2.45) is 5.41 Å². The lowest BCUT2D eigenvalue weighted by Gasteiger charge is -2.27. The Balaban J connectivity index is 2.38. The second kappa shape index (κ2) is 5.58. The molecule has 0 saturated heterocycles. The molecule has 0 heterocycles. The first kappa shape index (κ1) is 14.4. The van der Waals surface area contributed by atoms with Crippen LogP contribution in [-0.2, 0) is 0 Å². The predicted octanol–water partition coefficient (Wildman–Crippen LogP) is 4.67. The summed E-state index contributed by atoms with van der Waals surface area (Å²) in [6.07, 6.45) is 1.00. The van der Waals surface area contributed by atoms with Gasteiger partial charge in [0.15, 0.2) is 0 Å². The van der Waals surface area contributed by atoms with E-state index in [0.717, 1.165) is 6.42 Å². The van der Waals surface area contributed by atoms with Crippen molar-refractivity contribution in [2.75, 3.05) is 0 Å². The van der Waals surface area contributed by atoms with Crippen LogP contribution in [0.1, 0.15) is 44.2 Å². The SMILES string of the molecule is CC(C)(C)CC(c1ccc(O)cc1)c1ccc(O)cc1. The number of hydrogen-bond donors (Lipinski definition) is 2. The first-order valence-corrected chi connectivity index (χ1v) is 6.93. The minimum Gasteiger partial charge on any atom is -0.508 e. The summed E-state index contributed by atoms with van der Waals surface area (Å²) < 4.78 is 0. The summed E-state index contributed by atoms with van der Waals surface area (Å²) in [5, 5.41) is 18.9. The quantitative estimate of drug-likeness (QED) is 0.851. The molecular formula is C18H22O2. The van der Waals surface area contributed by atoms with Gasteiger partial charge in [0.25, 0.3) is 0 Å². The molecule has 0 aliphatic rings. The predicted molar refractivity (Wildman–Crippen MR) is 82.1 cm³/mol. The van der Waals surface area contributed by atoms with Crippen molar-refractivity contribution < 1.29 is 10.2 Å². The standard InChI is InChI=1S/C18H22O2/c1-18(2,3)12-17(13-4-8-15(19)9-5-13)14-6-10-16(20)11-7-14/h4-11,17,19-20H,12H2,1-3H3. The van der Waals surface area contributed by atoms with Crippen molar-refractivity contribution in [3.8, 4) is 11.5 Å². The van der Waals surface area contributed by atoms with Crippen LogP contribution in [0.2, 0.25) is 0 Å². The van der Waals surface area contributed by atoms with Gasteiger partial charge in [-0.1, -0.05) is 45.0 Å². The molecule has 2 rings (SSSR count). The van der Waals surface area contributed by atoms with E-state index in [1.807, 2.05) is 24.3 Å². The van der Waals surface area contributed by atoms with E-state index >= 15 is 0 Å². The lowest BCUT2D eigenvalue weighted by Crippen LogP contribution is -2.13. The van der Waals surface area contributed by atoms with E-state index in [9.17, 15) is 10.2 Å². The summed E-state index contributed by atoms with van der Waals surface area (Å²) in [5.41, 5.74) is 2.56. The fraction of sp³-hybridized carbons (Fsp3) is 0.333. The summed E-state index contributed by atoms with van der Waals surface area (Å²) in [4.78, 5) is 0. The Morgan fingerprint density at radius 3 is 1.40 bits per heavy atom. The number of aromatic hydroxyl groups is 2. The van der Waals surface area contributed by atoms with Crippen LogP contribution in [0.4, 0.5) is 0 Å². The third kappa shape index (κ3) is 3.77. The van der Waals surface area contributed by atoms with Crippen LogP contribution < -0.4 is 0 Å². The molecule has 106 valence electrons. The van der Waals surface area contributed by atoms with Crippen LogP contribution in [0.3, 0.4) is 0 Å². The molecule has 0 amide bonds. The molecule has 2 nitrogen and oxygen atoms in total. The number of phenolic OH excluding ortho intramolecular Hbond substituents is 2. The Labute approximate surface area is 120 Å². The van der Waals surface area contributed by atoms with Gasteiger partial charge in [0.2, 0.25) is 0 Å². The molecule has 0 bridgehead atoms. The van der Waals surface area contributed by atoms with Crippen molar-refractivity contribution >= 4 is 0 Å². The van der Waals surface area contributed by atoms with Crippen LogP contribution in [0.25, 0.3) is 0 Å². The summed E-state index contributed by atoms with van der Waals surface area (Å²) in [7, 11) is 0. The number of hydrogen-bond acceptors (Lipinski definition) is 2. The van der Waals surface area contributed by atoms with Crippen LogP contribution in [0, 0.1) is 5.41 Å². The Bertz CT molecular complexity index is 502. The summed E-state index contributed by atoms with van der Waals surface area (Å²) in [6, 6.07) is 14.8. The molecule has 0 spiro atoms. The molecule has 0 radical (unpaired) electrons. The number of benzene rings is 2. The second-order valence-corrected chi connectivity index (χ2v) is 6.50. The smallest absolute Gasteiger partial charge is 0.115 e. The summed E-state index contributed by atoms with van der Waals surface area (Å²) >= 11 is 0. The molecule has 2 aromatic carbocycles. The Morgan fingerprint density at radius 1 is 0.750 bits per heavy atom. The number of rotatable bonds is 3. The van der Waals surface area contributed by atoms with E-state index in [2.05, 4.69) is 20.8 Å². The molecule has 0 unspecified atom stereocenters. The van der Waals surface area contributed by atoms with Crippen molar-refractivity contribution in [1.82, 2.24) is 0 Å². The summed E-state index contributed by atoms with van der Waals surface area (Å²) in [5.74, 6) is 0.833. The maximum Gasteiger partial charge on any atom is 0.115 e. The van der Waals surface area contributed by atoms with Crippen molar-refractivity contribution in [2.45, 2.75) is 33.1 Å². The Morgan fingerprint density at radius 2 is 1.10 bits per heavy atom. The highest BCUT2D eigenvalue weighted by Crippen LogP contribution is 2.37. The van der Waals surface area contributed by atoms with Gasteiger partial charge >= 0.3 is 0 Å². The summed E-state index contributed by atoms with van der Waals surface area (Å²) in [6.45, 7) is 6.67. The zero-order valence-electron chi connectivity index (χ0n) is 12.3. The van der Waals surface area contributed by atoms with Gasteiger partial charge in [-0.3, -0.25) is 0 Å². The normalized spacial score (nSPS) is 11.8. The van der Waals surface area contributed by atoms with E-state index in [0.29, 0.717) is 0 Å². The molecule has 0 aliphatic carbocycles. The van der Waals surface area contributed by atoms with E-state index in [1.165, 1.54) is 11.1 Å². The first-order chi connectivity index (χ1) is 9.35. The fourth-order valence-electron chi connectivity index (χ4n) is 2.45. The largest absolute Gasteiger partial charge is 0.508 e. The van der Waals surface area contributed by atoms with E-state index < -0.39 is 0 Å². The van der Waals surface area contributed by atoms with Crippen LogP contribution >= 0.6 is 0 Å². The van der Waals surface area contributed by atoms with Crippen LogP contribution in [0.5, 0.6) is 11.5 Å². The number of phenols is 2. The maximum absolute atomic E-state index is 9.44. The first-order valence-electron chi connectivity index (χ1n) is 6.93. The molecule has 0 atom stereocenters. The van der Waals surface area contributed by atoms with Gasteiger partial charge < -0.3 is 10.2 Å². The highest BCUT2D eigenvalue weighted by atomic mass is 16.3. The van der Waals surface area contributed by atoms with Gasteiger partial charge in [-0.05, 0) is 47.2 Å². The van der Waals surface area contributed by atoms with Crippen LogP contribution in [0.15, 0.2) is 48.5 Å². The fourth-order valence-corrected chi connectivity index (χ4v) is 2.45. The lowest BCUT2D eigenvalue weighted by molar-refractivity contribution is 0.357. The molecule has 0 aliphatic heterocycles. The average Bonchev–Trinajstić information content (AvgIpc) is 2.37. The molecule has 2 N–H and O–H groups in total. The van der Waals surface area contributed by atoms with E-state index in [-0.39, 0.29) is 22.8 Å². The van der Waals surface area contributed by atoms with Gasteiger partial charge in [-0.25, -0.2) is 0 Å². The van der Waals surface area contributed by atoms with Crippen molar-refractivity contribution in [1.29, 1.82) is 0 Å². The lowest BCUT2D eigenvalue weighted by atomic mass is 9.78. The zero-order chi connectivity index (χ0) is 14.8. The van der Waals surface area contributed by atoms with Crippen molar-refractivity contribution in [3.05, 3.63) is 59.7 Å². The van der Waals surface area contributed by atoms with Gasteiger partial charge in [-0.2, -0.15) is 0 Å². The minimum absolute atomic E-state index is 0.195. The van der Waals surface area contributed by atoms with Gasteiger partial charge in [0.05, 0.1) is 0 Å². The molecule has 2 aromatic rings. The highest BCUT2D eigenvalue weighted by molar-refractivity contribution is 5.37. The molecule has 2 heteroatoms. The van der Waals surface area contributed by atoms with Gasteiger partial charge in [-0.15, -0.1) is 0 Å². The monoisotopic (exact) mass is 270 g/mol. The third-order valence-corrected chi connectivity index (χ3v) is 3.41. The topological polar surface area (TPSA) is 40.5 Å². The molecular weight excluding hydrogens is 248 g/mol. The van der Waals surface area contributed by atoms with E-state index in [4.69, 9.17) is 0 Å². The van der Waals surface area contributed by atoms with E-state index in [1.54, 1.807) is 24.3 Å².